The summed E-state index contributed by atoms with van der Waals surface area (Å²) in [5.41, 5.74) is 2.03. The molecule has 0 saturated carbocycles. The van der Waals surface area contributed by atoms with Gasteiger partial charge in [0.25, 0.3) is 5.91 Å². The summed E-state index contributed by atoms with van der Waals surface area (Å²) >= 11 is 0. The van der Waals surface area contributed by atoms with Gasteiger partial charge < -0.3 is 14.5 Å². The van der Waals surface area contributed by atoms with Crippen molar-refractivity contribution in [3.8, 4) is 6.07 Å². The summed E-state index contributed by atoms with van der Waals surface area (Å²) in [7, 11) is 0. The number of benzene rings is 2. The SMILES string of the molecule is C[C@@H](NC(=O)COC(=O)/C=C/c1ccc(C#N)cc1)c1cc2ccccc2o1. The second kappa shape index (κ2) is 8.69. The Labute approximate surface area is 162 Å². The number of furan rings is 1. The quantitative estimate of drug-likeness (QED) is 0.524. The van der Waals surface area contributed by atoms with E-state index in [1.165, 1.54) is 6.08 Å². The monoisotopic (exact) mass is 374 g/mol. The Morgan fingerprint density at radius 1 is 1.21 bits per heavy atom. The summed E-state index contributed by atoms with van der Waals surface area (Å²) in [5, 5.41) is 12.4. The molecule has 1 heterocycles. The molecule has 3 aromatic rings. The van der Waals surface area contributed by atoms with E-state index in [4.69, 9.17) is 14.4 Å². The molecular weight excluding hydrogens is 356 g/mol. The van der Waals surface area contributed by atoms with Crippen molar-refractivity contribution < 1.29 is 18.7 Å². The first-order valence-electron chi connectivity index (χ1n) is 8.68. The normalized spacial score (nSPS) is 11.9. The zero-order valence-corrected chi connectivity index (χ0v) is 15.2. The van der Waals surface area contributed by atoms with E-state index in [-0.39, 0.29) is 12.6 Å². The smallest absolute Gasteiger partial charge is 0.331 e. The van der Waals surface area contributed by atoms with Crippen molar-refractivity contribution in [2.75, 3.05) is 6.61 Å². The number of rotatable bonds is 6. The topological polar surface area (TPSA) is 92.3 Å². The highest BCUT2D eigenvalue weighted by molar-refractivity contribution is 5.89. The molecule has 6 nitrogen and oxygen atoms in total. The van der Waals surface area contributed by atoms with Crippen molar-refractivity contribution >= 4 is 28.9 Å². The summed E-state index contributed by atoms with van der Waals surface area (Å²) in [4.78, 5) is 23.8. The largest absolute Gasteiger partial charge is 0.459 e. The minimum atomic E-state index is -0.629. The first-order valence-corrected chi connectivity index (χ1v) is 8.68. The van der Waals surface area contributed by atoms with E-state index in [0.29, 0.717) is 11.3 Å². The molecule has 0 unspecified atom stereocenters. The summed E-state index contributed by atoms with van der Waals surface area (Å²) in [6.07, 6.45) is 2.79. The molecule has 140 valence electrons. The Balaban J connectivity index is 1.48. The van der Waals surface area contributed by atoms with Gasteiger partial charge in [-0.3, -0.25) is 4.79 Å². The number of nitrogens with zero attached hydrogens (tertiary/aromatic N) is 1. The molecular formula is C22H18N2O4. The number of ether oxygens (including phenoxy) is 1. The molecule has 0 aliphatic carbocycles. The lowest BCUT2D eigenvalue weighted by molar-refractivity contribution is -0.144. The summed E-state index contributed by atoms with van der Waals surface area (Å²) in [5.74, 6) is -0.425. The predicted octanol–water partition coefficient (Wildman–Crippen LogP) is 3.74. The molecule has 0 radical (unpaired) electrons. The van der Waals surface area contributed by atoms with E-state index in [2.05, 4.69) is 5.32 Å². The minimum Gasteiger partial charge on any atom is -0.459 e. The molecule has 0 bridgehead atoms. The van der Waals surface area contributed by atoms with Gasteiger partial charge in [0.05, 0.1) is 17.7 Å². The third kappa shape index (κ3) is 4.86. The zero-order chi connectivity index (χ0) is 19.9. The van der Waals surface area contributed by atoms with Crippen molar-refractivity contribution in [2.45, 2.75) is 13.0 Å². The fraction of sp³-hybridized carbons (Fsp3) is 0.136. The molecule has 0 aliphatic rings. The predicted molar refractivity (Wildman–Crippen MR) is 104 cm³/mol. The Bertz CT molecular complexity index is 1030. The highest BCUT2D eigenvalue weighted by atomic mass is 16.5. The maximum atomic E-state index is 12.0. The highest BCUT2D eigenvalue weighted by Crippen LogP contribution is 2.23. The van der Waals surface area contributed by atoms with Crippen LogP contribution in [-0.2, 0) is 14.3 Å². The molecule has 0 saturated heterocycles. The maximum absolute atomic E-state index is 12.0. The first-order chi connectivity index (χ1) is 13.5. The number of para-hydroxylation sites is 1. The van der Waals surface area contributed by atoms with Crippen molar-refractivity contribution in [2.24, 2.45) is 0 Å². The van der Waals surface area contributed by atoms with E-state index >= 15 is 0 Å². The Hall–Kier alpha value is -3.85. The molecule has 1 N–H and O–H groups in total. The number of amides is 1. The molecule has 1 amide bonds. The number of hydrogen-bond acceptors (Lipinski definition) is 5. The number of esters is 1. The Morgan fingerprint density at radius 3 is 2.68 bits per heavy atom. The van der Waals surface area contributed by atoms with Gasteiger partial charge in [-0.1, -0.05) is 30.3 Å². The van der Waals surface area contributed by atoms with Crippen LogP contribution < -0.4 is 5.32 Å². The Morgan fingerprint density at radius 2 is 1.96 bits per heavy atom. The van der Waals surface area contributed by atoms with Crippen LogP contribution in [0.1, 0.15) is 29.9 Å². The van der Waals surface area contributed by atoms with Crippen molar-refractivity contribution in [1.82, 2.24) is 5.32 Å². The van der Waals surface area contributed by atoms with Crippen LogP contribution in [0.25, 0.3) is 17.0 Å². The average molecular weight is 374 g/mol. The number of hydrogen-bond donors (Lipinski definition) is 1. The van der Waals surface area contributed by atoms with Gasteiger partial charge in [-0.2, -0.15) is 5.26 Å². The fourth-order valence-corrected chi connectivity index (χ4v) is 2.59. The standard InChI is InChI=1S/C22H18N2O4/c1-15(20-12-18-4-2-3-5-19(18)28-20)24-21(25)14-27-22(26)11-10-16-6-8-17(13-23)9-7-16/h2-12,15H,14H2,1H3,(H,24,25)/b11-10+/t15-/m1/s1. The van der Waals surface area contributed by atoms with E-state index in [9.17, 15) is 9.59 Å². The lowest BCUT2D eigenvalue weighted by Crippen LogP contribution is -2.30. The van der Waals surface area contributed by atoms with Crippen molar-refractivity contribution in [3.05, 3.63) is 77.6 Å². The van der Waals surface area contributed by atoms with Crippen LogP contribution in [0.15, 0.2) is 65.1 Å². The van der Waals surface area contributed by atoms with E-state index in [1.807, 2.05) is 36.4 Å². The molecule has 0 fully saturated rings. The maximum Gasteiger partial charge on any atom is 0.331 e. The average Bonchev–Trinajstić information content (AvgIpc) is 3.15. The first kappa shape index (κ1) is 18.9. The molecule has 0 spiro atoms. The summed E-state index contributed by atoms with van der Waals surface area (Å²) in [6, 6.07) is 17.8. The van der Waals surface area contributed by atoms with Gasteiger partial charge in [-0.05, 0) is 42.8 Å². The van der Waals surface area contributed by atoms with Crippen molar-refractivity contribution in [1.29, 1.82) is 5.26 Å². The molecule has 1 atom stereocenters. The van der Waals surface area contributed by atoms with Gasteiger partial charge in [0.1, 0.15) is 11.3 Å². The van der Waals surface area contributed by atoms with E-state index in [0.717, 1.165) is 16.5 Å². The number of nitrogens with one attached hydrogen (secondary N) is 1. The van der Waals surface area contributed by atoms with Gasteiger partial charge in [0.2, 0.25) is 0 Å². The second-order valence-corrected chi connectivity index (χ2v) is 6.15. The molecule has 1 aromatic heterocycles. The van der Waals surface area contributed by atoms with Crippen LogP contribution >= 0.6 is 0 Å². The fourth-order valence-electron chi connectivity index (χ4n) is 2.59. The van der Waals surface area contributed by atoms with Crippen LogP contribution in [0.4, 0.5) is 0 Å². The number of carbonyl (C=O) groups excluding carboxylic acids is 2. The Kier molecular flexibility index (Phi) is 5.87. The molecule has 2 aromatic carbocycles. The van der Waals surface area contributed by atoms with E-state index < -0.39 is 11.9 Å². The van der Waals surface area contributed by atoms with Crippen LogP contribution in [0.5, 0.6) is 0 Å². The van der Waals surface area contributed by atoms with Crippen LogP contribution in [0.2, 0.25) is 0 Å². The second-order valence-electron chi connectivity index (χ2n) is 6.15. The van der Waals surface area contributed by atoms with Gasteiger partial charge in [0, 0.05) is 11.5 Å². The molecule has 28 heavy (non-hydrogen) atoms. The zero-order valence-electron chi connectivity index (χ0n) is 15.2. The lowest BCUT2D eigenvalue weighted by Gasteiger charge is -2.11. The number of carbonyl (C=O) groups is 2. The van der Waals surface area contributed by atoms with Crippen LogP contribution in [0, 0.1) is 11.3 Å². The molecule has 3 rings (SSSR count). The van der Waals surface area contributed by atoms with Crippen molar-refractivity contribution in [3.63, 3.8) is 0 Å². The third-order valence-electron chi connectivity index (χ3n) is 4.05. The third-order valence-corrected chi connectivity index (χ3v) is 4.05. The van der Waals surface area contributed by atoms with Gasteiger partial charge in [-0.25, -0.2) is 4.79 Å². The van der Waals surface area contributed by atoms with Crippen LogP contribution in [-0.4, -0.2) is 18.5 Å². The molecule has 6 heteroatoms. The highest BCUT2D eigenvalue weighted by Gasteiger charge is 2.15. The number of nitriles is 1. The van der Waals surface area contributed by atoms with E-state index in [1.54, 1.807) is 37.3 Å². The van der Waals surface area contributed by atoms with Gasteiger partial charge >= 0.3 is 5.97 Å². The van der Waals surface area contributed by atoms with Crippen LogP contribution in [0.3, 0.4) is 0 Å². The van der Waals surface area contributed by atoms with Gasteiger partial charge in [0.15, 0.2) is 6.61 Å². The summed E-state index contributed by atoms with van der Waals surface area (Å²) in [6.45, 7) is 1.41. The molecule has 0 aliphatic heterocycles. The minimum absolute atomic E-state index is 0.354. The summed E-state index contributed by atoms with van der Waals surface area (Å²) < 4.78 is 10.7. The van der Waals surface area contributed by atoms with Gasteiger partial charge in [-0.15, -0.1) is 0 Å². The lowest BCUT2D eigenvalue weighted by atomic mass is 10.1. The number of fused-ring (bicyclic) bond motifs is 1.